The van der Waals surface area contributed by atoms with Gasteiger partial charge in [0.25, 0.3) is 11.8 Å². The molecule has 96 valence electrons. The van der Waals surface area contributed by atoms with Crippen molar-refractivity contribution < 1.29 is 19.2 Å². The molecule has 2 rings (SSSR count). The van der Waals surface area contributed by atoms with E-state index in [1.54, 1.807) is 13.2 Å². The van der Waals surface area contributed by atoms with Crippen molar-refractivity contribution in [2.45, 2.75) is 18.8 Å². The fraction of sp³-hybridized carbons (Fsp3) is 0.385. The zero-order valence-corrected chi connectivity index (χ0v) is 10.4. The number of benzene rings is 1. The number of carbonyl (C=O) groups is 2. The molecule has 1 aromatic rings. The van der Waals surface area contributed by atoms with Crippen molar-refractivity contribution in [3.63, 3.8) is 0 Å². The van der Waals surface area contributed by atoms with Crippen LogP contribution in [0.5, 0.6) is 5.75 Å². The Hall–Kier alpha value is -1.88. The molecule has 1 fully saturated rings. The molecule has 0 spiro atoms. The number of methoxy groups -OCH3 is 1. The summed E-state index contributed by atoms with van der Waals surface area (Å²) in [6.07, 6.45) is 0.778. The molecule has 18 heavy (non-hydrogen) atoms. The van der Waals surface area contributed by atoms with Gasteiger partial charge in [0.1, 0.15) is 5.75 Å². The molecule has 0 aromatic heterocycles. The molecule has 0 N–H and O–H groups in total. The Bertz CT molecular complexity index is 472. The number of amides is 2. The maximum atomic E-state index is 12.2. The van der Waals surface area contributed by atoms with Crippen LogP contribution >= 0.6 is 0 Å². The molecule has 1 aliphatic heterocycles. The predicted molar refractivity (Wildman–Crippen MR) is 63.8 cm³/mol. The summed E-state index contributed by atoms with van der Waals surface area (Å²) < 4.78 is 5.25. The summed E-state index contributed by atoms with van der Waals surface area (Å²) in [5.41, 5.74) is 0.791. The molecule has 1 saturated heterocycles. The molecule has 1 heterocycles. The average molecular weight is 249 g/mol. The molecule has 0 radical (unpaired) electrons. The monoisotopic (exact) mass is 249 g/mol. The number of carbonyl (C=O) groups excluding carboxylic acids is 2. The third kappa shape index (κ3) is 2.09. The first-order valence-corrected chi connectivity index (χ1v) is 5.73. The lowest BCUT2D eigenvalue weighted by molar-refractivity contribution is -0.192. The summed E-state index contributed by atoms with van der Waals surface area (Å²) in [6.45, 7) is 0. The third-order valence-electron chi connectivity index (χ3n) is 3.07. The predicted octanol–water partition coefficient (Wildman–Crippen LogP) is 1.49. The Morgan fingerprint density at radius 1 is 1.22 bits per heavy atom. The standard InChI is InChI=1S/C13H15NO4/c1-17-11-6-4-3-5-9(11)10-7-8-12(15)14(18-2)13(10)16/h3-6,10H,7-8H2,1-2H3. The number of hydroxylamine groups is 2. The van der Waals surface area contributed by atoms with E-state index in [2.05, 4.69) is 0 Å². The van der Waals surface area contributed by atoms with Crippen molar-refractivity contribution in [3.05, 3.63) is 29.8 Å². The Labute approximate surface area is 105 Å². The van der Waals surface area contributed by atoms with Crippen LogP contribution < -0.4 is 4.74 Å². The molecule has 5 heteroatoms. The van der Waals surface area contributed by atoms with Gasteiger partial charge < -0.3 is 4.74 Å². The van der Waals surface area contributed by atoms with Gasteiger partial charge in [-0.05, 0) is 12.5 Å². The van der Waals surface area contributed by atoms with E-state index in [9.17, 15) is 9.59 Å². The van der Waals surface area contributed by atoms with E-state index in [-0.39, 0.29) is 11.8 Å². The number of piperidine rings is 1. The second-order valence-corrected chi connectivity index (χ2v) is 4.04. The van der Waals surface area contributed by atoms with Crippen LogP contribution in [-0.4, -0.2) is 31.1 Å². The van der Waals surface area contributed by atoms with Crippen molar-refractivity contribution in [3.8, 4) is 5.75 Å². The maximum absolute atomic E-state index is 12.2. The highest BCUT2D eigenvalue weighted by atomic mass is 16.7. The molecular weight excluding hydrogens is 234 g/mol. The summed E-state index contributed by atoms with van der Waals surface area (Å²) in [6, 6.07) is 7.33. The van der Waals surface area contributed by atoms with Crippen LogP contribution in [0.2, 0.25) is 0 Å². The van der Waals surface area contributed by atoms with Gasteiger partial charge in [0.2, 0.25) is 0 Å². The smallest absolute Gasteiger partial charge is 0.261 e. The molecule has 0 saturated carbocycles. The number of para-hydroxylation sites is 1. The zero-order valence-electron chi connectivity index (χ0n) is 10.4. The van der Waals surface area contributed by atoms with Crippen LogP contribution in [0.25, 0.3) is 0 Å². The average Bonchev–Trinajstić information content (AvgIpc) is 2.39. The van der Waals surface area contributed by atoms with Gasteiger partial charge in [-0.25, -0.2) is 0 Å². The van der Waals surface area contributed by atoms with Crippen molar-refractivity contribution in [2.24, 2.45) is 0 Å². The fourth-order valence-corrected chi connectivity index (χ4v) is 2.19. The normalized spacial score (nSPS) is 20.1. The van der Waals surface area contributed by atoms with Gasteiger partial charge in [-0.3, -0.25) is 14.4 Å². The molecule has 0 aliphatic carbocycles. The number of hydrogen-bond donors (Lipinski definition) is 0. The largest absolute Gasteiger partial charge is 0.496 e. The Morgan fingerprint density at radius 2 is 1.94 bits per heavy atom. The van der Waals surface area contributed by atoms with Crippen molar-refractivity contribution in [1.29, 1.82) is 0 Å². The fourth-order valence-electron chi connectivity index (χ4n) is 2.19. The molecule has 1 aromatic carbocycles. The molecule has 1 atom stereocenters. The molecular formula is C13H15NO4. The van der Waals surface area contributed by atoms with Gasteiger partial charge in [0.15, 0.2) is 0 Å². The summed E-state index contributed by atoms with van der Waals surface area (Å²) in [5, 5.41) is 0.834. The Balaban J connectivity index is 2.33. The van der Waals surface area contributed by atoms with Crippen LogP contribution in [0.15, 0.2) is 24.3 Å². The summed E-state index contributed by atoms with van der Waals surface area (Å²) in [5.74, 6) is -0.369. The first-order valence-electron chi connectivity index (χ1n) is 5.73. The first kappa shape index (κ1) is 12.6. The number of ether oxygens (including phenoxy) is 1. The van der Waals surface area contributed by atoms with Crippen LogP contribution in [-0.2, 0) is 14.4 Å². The van der Waals surface area contributed by atoms with Gasteiger partial charge in [-0.2, -0.15) is 5.06 Å². The van der Waals surface area contributed by atoms with E-state index in [0.29, 0.717) is 18.6 Å². The van der Waals surface area contributed by atoms with Crippen molar-refractivity contribution >= 4 is 11.8 Å². The van der Waals surface area contributed by atoms with E-state index in [1.807, 2.05) is 18.2 Å². The number of rotatable bonds is 3. The Kier molecular flexibility index (Phi) is 3.62. The van der Waals surface area contributed by atoms with Crippen molar-refractivity contribution in [2.75, 3.05) is 14.2 Å². The lowest BCUT2D eigenvalue weighted by Gasteiger charge is -2.29. The number of nitrogens with zero attached hydrogens (tertiary/aromatic N) is 1. The second-order valence-electron chi connectivity index (χ2n) is 4.04. The van der Waals surface area contributed by atoms with E-state index >= 15 is 0 Å². The molecule has 0 bridgehead atoms. The van der Waals surface area contributed by atoms with E-state index < -0.39 is 5.92 Å². The highest BCUT2D eigenvalue weighted by molar-refractivity contribution is 6.00. The van der Waals surface area contributed by atoms with Crippen LogP contribution in [0.4, 0.5) is 0 Å². The molecule has 2 amide bonds. The van der Waals surface area contributed by atoms with Crippen molar-refractivity contribution in [1.82, 2.24) is 5.06 Å². The summed E-state index contributed by atoms with van der Waals surface area (Å²) in [7, 11) is 2.88. The molecule has 1 aliphatic rings. The van der Waals surface area contributed by atoms with Gasteiger partial charge in [0.05, 0.1) is 20.1 Å². The van der Waals surface area contributed by atoms with Gasteiger partial charge >= 0.3 is 0 Å². The lowest BCUT2D eigenvalue weighted by atomic mass is 9.89. The quantitative estimate of drug-likeness (QED) is 0.761. The summed E-state index contributed by atoms with van der Waals surface area (Å²) in [4.78, 5) is 28.5. The van der Waals surface area contributed by atoms with E-state index in [1.165, 1.54) is 7.11 Å². The minimum absolute atomic E-state index is 0.294. The summed E-state index contributed by atoms with van der Waals surface area (Å²) >= 11 is 0. The maximum Gasteiger partial charge on any atom is 0.261 e. The minimum Gasteiger partial charge on any atom is -0.496 e. The van der Waals surface area contributed by atoms with Crippen LogP contribution in [0.1, 0.15) is 24.3 Å². The van der Waals surface area contributed by atoms with Gasteiger partial charge in [-0.15, -0.1) is 0 Å². The SMILES string of the molecule is COc1ccccc1C1CCC(=O)N(OC)C1=O. The molecule has 5 nitrogen and oxygen atoms in total. The lowest BCUT2D eigenvalue weighted by Crippen LogP contribution is -2.43. The minimum atomic E-state index is -0.390. The highest BCUT2D eigenvalue weighted by Crippen LogP contribution is 2.34. The highest BCUT2D eigenvalue weighted by Gasteiger charge is 2.37. The van der Waals surface area contributed by atoms with Crippen LogP contribution in [0, 0.1) is 0 Å². The van der Waals surface area contributed by atoms with Gasteiger partial charge in [0, 0.05) is 12.0 Å². The topological polar surface area (TPSA) is 55.8 Å². The molecule has 1 unspecified atom stereocenters. The number of imide groups is 1. The van der Waals surface area contributed by atoms with E-state index in [4.69, 9.17) is 9.57 Å². The van der Waals surface area contributed by atoms with Gasteiger partial charge in [-0.1, -0.05) is 18.2 Å². The third-order valence-corrected chi connectivity index (χ3v) is 3.07. The van der Waals surface area contributed by atoms with Crippen LogP contribution in [0.3, 0.4) is 0 Å². The second kappa shape index (κ2) is 5.18. The first-order chi connectivity index (χ1) is 8.69. The van der Waals surface area contributed by atoms with E-state index in [0.717, 1.165) is 10.6 Å². The zero-order chi connectivity index (χ0) is 13.1. The Morgan fingerprint density at radius 3 is 2.61 bits per heavy atom. The number of hydrogen-bond acceptors (Lipinski definition) is 4.